The highest BCUT2D eigenvalue weighted by Crippen LogP contribution is 2.30. The van der Waals surface area contributed by atoms with Crippen molar-refractivity contribution in [3.8, 4) is 0 Å². The number of allylic oxidation sites excluding steroid dienone is 1. The number of hydrogen-bond donors (Lipinski definition) is 0. The summed E-state index contributed by atoms with van der Waals surface area (Å²) in [7, 11) is 0. The summed E-state index contributed by atoms with van der Waals surface area (Å²) in [6.45, 7) is 0. The van der Waals surface area contributed by atoms with Crippen LogP contribution in [-0.2, 0) is 0 Å². The molecule has 0 N–H and O–H groups in total. The van der Waals surface area contributed by atoms with E-state index in [-0.39, 0.29) is 11.6 Å². The van der Waals surface area contributed by atoms with Crippen LogP contribution in [0.1, 0.15) is 11.1 Å². The van der Waals surface area contributed by atoms with Gasteiger partial charge >= 0.3 is 0 Å². The number of aromatic nitrogens is 4. The molecule has 1 aromatic heterocycles. The molecule has 0 fully saturated rings. The Morgan fingerprint density at radius 2 is 1.43 bits per heavy atom. The molecule has 2 aromatic carbocycles. The number of nitrogens with zero attached hydrogens (tertiary/aromatic N) is 4. The molecule has 23 heavy (non-hydrogen) atoms. The molecule has 0 amide bonds. The third-order valence-corrected chi connectivity index (χ3v) is 3.84. The number of benzene rings is 2. The van der Waals surface area contributed by atoms with Crippen molar-refractivity contribution < 1.29 is 8.78 Å². The molecule has 0 aliphatic carbocycles. The Morgan fingerprint density at radius 3 is 1.83 bits per heavy atom. The van der Waals surface area contributed by atoms with E-state index in [9.17, 15) is 8.78 Å². The minimum atomic E-state index is -0.324. The molecule has 0 aliphatic rings. The summed E-state index contributed by atoms with van der Waals surface area (Å²) < 4.78 is 28.0. The van der Waals surface area contributed by atoms with Crippen LogP contribution in [0.25, 0.3) is 11.3 Å². The van der Waals surface area contributed by atoms with Gasteiger partial charge in [0.05, 0.1) is 5.70 Å². The summed E-state index contributed by atoms with van der Waals surface area (Å²) in [5.41, 5.74) is 3.10. The Hall–Kier alpha value is -2.41. The van der Waals surface area contributed by atoms with Gasteiger partial charge < -0.3 is 0 Å². The van der Waals surface area contributed by atoms with Gasteiger partial charge in [-0.2, -0.15) is 0 Å². The lowest BCUT2D eigenvalue weighted by Gasteiger charge is -2.14. The van der Waals surface area contributed by atoms with Crippen LogP contribution >= 0.6 is 15.9 Å². The SMILES string of the molecule is Fc1ccc(C(=C(CBr)n2cnnn2)c2ccc(F)cc2)cc1. The predicted octanol–water partition coefficient (Wildman–Crippen LogP) is 3.76. The monoisotopic (exact) mass is 376 g/mol. The second-order valence-electron chi connectivity index (χ2n) is 4.72. The van der Waals surface area contributed by atoms with Crippen LogP contribution in [0.3, 0.4) is 0 Å². The summed E-state index contributed by atoms with van der Waals surface area (Å²) in [5.74, 6) is -0.648. The molecule has 0 radical (unpaired) electrons. The summed E-state index contributed by atoms with van der Waals surface area (Å²) in [6, 6.07) is 12.2. The fourth-order valence-electron chi connectivity index (χ4n) is 2.26. The smallest absolute Gasteiger partial charge is 0.143 e. The van der Waals surface area contributed by atoms with E-state index >= 15 is 0 Å². The average molecular weight is 377 g/mol. The first-order chi connectivity index (χ1) is 11.2. The average Bonchev–Trinajstić information content (AvgIpc) is 3.09. The van der Waals surface area contributed by atoms with Gasteiger partial charge in [0.15, 0.2) is 0 Å². The highest BCUT2D eigenvalue weighted by molar-refractivity contribution is 9.09. The molecule has 0 spiro atoms. The van der Waals surface area contributed by atoms with Crippen LogP contribution in [0.4, 0.5) is 8.78 Å². The van der Waals surface area contributed by atoms with Crippen LogP contribution in [0, 0.1) is 11.6 Å². The Bertz CT molecular complexity index is 765. The molecule has 116 valence electrons. The largest absolute Gasteiger partial charge is 0.207 e. The fourth-order valence-corrected chi connectivity index (χ4v) is 2.80. The van der Waals surface area contributed by atoms with Gasteiger partial charge in [-0.15, -0.1) is 5.10 Å². The second kappa shape index (κ2) is 6.78. The summed E-state index contributed by atoms with van der Waals surface area (Å²) >= 11 is 3.44. The van der Waals surface area contributed by atoms with Crippen molar-refractivity contribution in [3.63, 3.8) is 0 Å². The number of alkyl halides is 1. The molecule has 7 heteroatoms. The van der Waals surface area contributed by atoms with Crippen LogP contribution in [-0.4, -0.2) is 25.5 Å². The molecule has 3 rings (SSSR count). The standard InChI is InChI=1S/C16H11BrF2N4/c17-9-15(23-10-20-21-22-23)16(11-1-5-13(18)6-2-11)12-3-7-14(19)8-4-12/h1-8,10H,9H2. The molecule has 0 unspecified atom stereocenters. The lowest BCUT2D eigenvalue weighted by Crippen LogP contribution is -2.05. The summed E-state index contributed by atoms with van der Waals surface area (Å²) in [6.07, 6.45) is 1.48. The molecule has 3 aromatic rings. The maximum absolute atomic E-state index is 13.2. The van der Waals surface area contributed by atoms with Gasteiger partial charge in [0, 0.05) is 10.9 Å². The van der Waals surface area contributed by atoms with Crippen LogP contribution in [0.2, 0.25) is 0 Å². The van der Waals surface area contributed by atoms with E-state index in [4.69, 9.17) is 0 Å². The van der Waals surface area contributed by atoms with Crippen molar-refractivity contribution >= 4 is 27.2 Å². The molecular formula is C16H11BrF2N4. The molecule has 0 saturated heterocycles. The van der Waals surface area contributed by atoms with Gasteiger partial charge in [-0.1, -0.05) is 40.2 Å². The van der Waals surface area contributed by atoms with Crippen LogP contribution in [0.5, 0.6) is 0 Å². The van der Waals surface area contributed by atoms with Gasteiger partial charge in [0.1, 0.15) is 18.0 Å². The topological polar surface area (TPSA) is 43.6 Å². The maximum Gasteiger partial charge on any atom is 0.143 e. The Morgan fingerprint density at radius 1 is 0.913 bits per heavy atom. The molecule has 1 heterocycles. The quantitative estimate of drug-likeness (QED) is 0.651. The van der Waals surface area contributed by atoms with Crippen molar-refractivity contribution in [3.05, 3.63) is 77.6 Å². The first kappa shape index (κ1) is 15.5. The number of tetrazole rings is 1. The van der Waals surface area contributed by atoms with E-state index < -0.39 is 0 Å². The van der Waals surface area contributed by atoms with Crippen molar-refractivity contribution in [2.75, 3.05) is 5.33 Å². The maximum atomic E-state index is 13.2. The number of halogens is 3. The van der Waals surface area contributed by atoms with E-state index in [0.717, 1.165) is 22.4 Å². The third kappa shape index (κ3) is 3.34. The van der Waals surface area contributed by atoms with E-state index in [2.05, 4.69) is 31.5 Å². The minimum absolute atomic E-state index is 0.324. The van der Waals surface area contributed by atoms with Gasteiger partial charge in [0.25, 0.3) is 0 Å². The zero-order chi connectivity index (χ0) is 16.2. The highest BCUT2D eigenvalue weighted by atomic mass is 79.9. The lowest BCUT2D eigenvalue weighted by atomic mass is 9.96. The molecule has 0 aliphatic heterocycles. The number of rotatable bonds is 4. The van der Waals surface area contributed by atoms with Crippen LogP contribution in [0.15, 0.2) is 54.9 Å². The molecule has 0 bridgehead atoms. The van der Waals surface area contributed by atoms with Crippen molar-refractivity contribution in [1.29, 1.82) is 0 Å². The van der Waals surface area contributed by atoms with Crippen LogP contribution < -0.4 is 0 Å². The van der Waals surface area contributed by atoms with Crippen molar-refractivity contribution in [2.45, 2.75) is 0 Å². The van der Waals surface area contributed by atoms with E-state index in [1.54, 1.807) is 24.3 Å². The summed E-state index contributed by atoms with van der Waals surface area (Å²) in [4.78, 5) is 0. The normalized spacial score (nSPS) is 10.6. The van der Waals surface area contributed by atoms with Crippen molar-refractivity contribution in [2.24, 2.45) is 0 Å². The van der Waals surface area contributed by atoms with E-state index in [1.807, 2.05) is 0 Å². The predicted molar refractivity (Wildman–Crippen MR) is 86.6 cm³/mol. The van der Waals surface area contributed by atoms with Crippen molar-refractivity contribution in [1.82, 2.24) is 20.2 Å². The highest BCUT2D eigenvalue weighted by Gasteiger charge is 2.14. The summed E-state index contributed by atoms with van der Waals surface area (Å²) in [5, 5.41) is 11.7. The first-order valence-corrected chi connectivity index (χ1v) is 7.85. The zero-order valence-electron chi connectivity index (χ0n) is 11.8. The Labute approximate surface area is 139 Å². The molecule has 0 atom stereocenters. The molecule has 0 saturated carbocycles. The van der Waals surface area contributed by atoms with Gasteiger partial charge in [-0.25, -0.2) is 13.5 Å². The third-order valence-electron chi connectivity index (χ3n) is 3.31. The number of hydrogen-bond acceptors (Lipinski definition) is 3. The van der Waals surface area contributed by atoms with E-state index in [0.29, 0.717) is 5.33 Å². The molecular weight excluding hydrogens is 366 g/mol. The second-order valence-corrected chi connectivity index (χ2v) is 5.28. The minimum Gasteiger partial charge on any atom is -0.207 e. The van der Waals surface area contributed by atoms with Gasteiger partial charge in [-0.3, -0.25) is 0 Å². The Balaban J connectivity index is 2.24. The van der Waals surface area contributed by atoms with Gasteiger partial charge in [0.2, 0.25) is 0 Å². The molecule has 4 nitrogen and oxygen atoms in total. The lowest BCUT2D eigenvalue weighted by molar-refractivity contribution is 0.627. The zero-order valence-corrected chi connectivity index (χ0v) is 13.4. The van der Waals surface area contributed by atoms with E-state index in [1.165, 1.54) is 35.3 Å². The van der Waals surface area contributed by atoms with Gasteiger partial charge in [-0.05, 0) is 45.8 Å². The fraction of sp³-hybridized carbons (Fsp3) is 0.0625. The first-order valence-electron chi connectivity index (χ1n) is 6.73. The Kier molecular flexibility index (Phi) is 4.57.